The summed E-state index contributed by atoms with van der Waals surface area (Å²) in [7, 11) is 1.82. The lowest BCUT2D eigenvalue weighted by Gasteiger charge is -2.35. The fraction of sp³-hybridized carbons (Fsp3) is 0.833. The first-order valence-electron chi connectivity index (χ1n) is 5.87. The number of nitrogens with zero attached hydrogens (tertiary/aromatic N) is 1. The lowest BCUT2D eigenvalue weighted by Crippen LogP contribution is -2.49. The summed E-state index contributed by atoms with van der Waals surface area (Å²) >= 11 is 0. The minimum Gasteiger partial charge on any atom is -0.356 e. The van der Waals surface area contributed by atoms with Crippen LogP contribution in [-0.4, -0.2) is 36.9 Å². The maximum absolute atomic E-state index is 12.2. The van der Waals surface area contributed by atoms with E-state index >= 15 is 0 Å². The zero-order chi connectivity index (χ0) is 12.3. The predicted octanol–water partition coefficient (Wildman–Crippen LogP) is 1.02. The second kappa shape index (κ2) is 4.85. The smallest absolute Gasteiger partial charge is 0.228 e. The SMILES string of the molecule is CC(C)CN(C)C(=O)C1(C)CCNC(=O)C1. The molecule has 0 saturated carbocycles. The van der Waals surface area contributed by atoms with Gasteiger partial charge in [0, 0.05) is 26.6 Å². The molecule has 0 aliphatic carbocycles. The number of carbonyl (C=O) groups is 2. The summed E-state index contributed by atoms with van der Waals surface area (Å²) in [5, 5.41) is 2.76. The van der Waals surface area contributed by atoms with E-state index in [1.54, 1.807) is 4.90 Å². The Morgan fingerprint density at radius 3 is 2.69 bits per heavy atom. The molecule has 0 spiro atoms. The lowest BCUT2D eigenvalue weighted by molar-refractivity contribution is -0.146. The lowest BCUT2D eigenvalue weighted by atomic mass is 9.79. The van der Waals surface area contributed by atoms with E-state index in [0.717, 1.165) is 13.0 Å². The Labute approximate surface area is 97.4 Å². The minimum absolute atomic E-state index is 0.0138. The van der Waals surface area contributed by atoms with E-state index in [9.17, 15) is 9.59 Å². The number of amides is 2. The number of carbonyl (C=O) groups excluding carboxylic acids is 2. The Kier molecular flexibility index (Phi) is 3.94. The quantitative estimate of drug-likeness (QED) is 0.781. The molecule has 2 amide bonds. The molecule has 1 atom stereocenters. The summed E-state index contributed by atoms with van der Waals surface area (Å²) in [5.41, 5.74) is -0.508. The number of rotatable bonds is 3. The largest absolute Gasteiger partial charge is 0.356 e. The van der Waals surface area contributed by atoms with Gasteiger partial charge in [0.25, 0.3) is 0 Å². The van der Waals surface area contributed by atoms with Crippen LogP contribution < -0.4 is 5.32 Å². The summed E-state index contributed by atoms with van der Waals surface area (Å²) < 4.78 is 0. The maximum Gasteiger partial charge on any atom is 0.228 e. The average molecular weight is 226 g/mol. The van der Waals surface area contributed by atoms with Crippen molar-refractivity contribution in [3.63, 3.8) is 0 Å². The van der Waals surface area contributed by atoms with E-state index in [2.05, 4.69) is 19.2 Å². The standard InChI is InChI=1S/C12H22N2O2/c1-9(2)8-14(4)11(16)12(3)5-6-13-10(15)7-12/h9H,5-8H2,1-4H3,(H,13,15). The van der Waals surface area contributed by atoms with Gasteiger partial charge in [-0.15, -0.1) is 0 Å². The molecule has 1 aliphatic heterocycles. The zero-order valence-corrected chi connectivity index (χ0v) is 10.7. The summed E-state index contributed by atoms with van der Waals surface area (Å²) in [6.07, 6.45) is 1.05. The van der Waals surface area contributed by atoms with E-state index < -0.39 is 5.41 Å². The summed E-state index contributed by atoms with van der Waals surface area (Å²) in [6, 6.07) is 0. The van der Waals surface area contributed by atoms with Crippen LogP contribution in [0.5, 0.6) is 0 Å². The normalized spacial score (nSPS) is 25.4. The summed E-state index contributed by atoms with van der Waals surface area (Å²) in [5.74, 6) is 0.533. The van der Waals surface area contributed by atoms with Crippen molar-refractivity contribution in [2.45, 2.75) is 33.6 Å². The Bertz CT molecular complexity index is 289. The fourth-order valence-electron chi connectivity index (χ4n) is 2.26. The van der Waals surface area contributed by atoms with Crippen LogP contribution in [0.15, 0.2) is 0 Å². The molecule has 92 valence electrons. The third kappa shape index (κ3) is 2.97. The van der Waals surface area contributed by atoms with Crippen molar-refractivity contribution in [1.29, 1.82) is 0 Å². The predicted molar refractivity (Wildman–Crippen MR) is 62.8 cm³/mol. The van der Waals surface area contributed by atoms with Gasteiger partial charge in [0.05, 0.1) is 5.41 Å². The number of hydrogen-bond donors (Lipinski definition) is 1. The molecule has 1 unspecified atom stereocenters. The maximum atomic E-state index is 12.2. The second-order valence-corrected chi connectivity index (χ2v) is 5.42. The van der Waals surface area contributed by atoms with Gasteiger partial charge in [0.1, 0.15) is 0 Å². The van der Waals surface area contributed by atoms with Crippen molar-refractivity contribution in [3.8, 4) is 0 Å². The van der Waals surface area contributed by atoms with Gasteiger partial charge in [-0.2, -0.15) is 0 Å². The first-order valence-corrected chi connectivity index (χ1v) is 5.87. The monoisotopic (exact) mass is 226 g/mol. The Morgan fingerprint density at radius 2 is 2.19 bits per heavy atom. The van der Waals surface area contributed by atoms with Crippen LogP contribution in [0, 0.1) is 11.3 Å². The molecule has 0 radical (unpaired) electrons. The fourth-order valence-corrected chi connectivity index (χ4v) is 2.26. The minimum atomic E-state index is -0.508. The molecule has 0 aromatic rings. The molecule has 1 rings (SSSR count). The van der Waals surface area contributed by atoms with Crippen molar-refractivity contribution in [3.05, 3.63) is 0 Å². The molecule has 1 saturated heterocycles. The van der Waals surface area contributed by atoms with Gasteiger partial charge in [-0.3, -0.25) is 9.59 Å². The highest BCUT2D eigenvalue weighted by atomic mass is 16.2. The first kappa shape index (κ1) is 13.0. The van der Waals surface area contributed by atoms with Gasteiger partial charge >= 0.3 is 0 Å². The van der Waals surface area contributed by atoms with Crippen LogP contribution in [0.1, 0.15) is 33.6 Å². The Balaban J connectivity index is 2.67. The highest BCUT2D eigenvalue weighted by Crippen LogP contribution is 2.30. The van der Waals surface area contributed by atoms with Crippen molar-refractivity contribution < 1.29 is 9.59 Å². The zero-order valence-electron chi connectivity index (χ0n) is 10.7. The van der Waals surface area contributed by atoms with Gasteiger partial charge < -0.3 is 10.2 Å². The molecule has 4 nitrogen and oxygen atoms in total. The molecule has 0 aromatic carbocycles. The molecule has 0 aromatic heterocycles. The van der Waals surface area contributed by atoms with Gasteiger partial charge in [-0.25, -0.2) is 0 Å². The van der Waals surface area contributed by atoms with Crippen LogP contribution in [0.2, 0.25) is 0 Å². The molecule has 16 heavy (non-hydrogen) atoms. The van der Waals surface area contributed by atoms with Gasteiger partial charge in [-0.1, -0.05) is 20.8 Å². The van der Waals surface area contributed by atoms with Crippen LogP contribution in [-0.2, 0) is 9.59 Å². The molecule has 1 aliphatic rings. The molecule has 1 fully saturated rings. The molecule has 1 heterocycles. The second-order valence-electron chi connectivity index (χ2n) is 5.42. The molecule has 4 heteroatoms. The molecule has 0 bridgehead atoms. The van der Waals surface area contributed by atoms with E-state index in [-0.39, 0.29) is 11.8 Å². The van der Waals surface area contributed by atoms with Gasteiger partial charge in [0.2, 0.25) is 11.8 Å². The summed E-state index contributed by atoms with van der Waals surface area (Å²) in [4.78, 5) is 25.3. The van der Waals surface area contributed by atoms with E-state index in [0.29, 0.717) is 18.9 Å². The Morgan fingerprint density at radius 1 is 1.56 bits per heavy atom. The van der Waals surface area contributed by atoms with Crippen molar-refractivity contribution in [2.75, 3.05) is 20.1 Å². The van der Waals surface area contributed by atoms with Crippen LogP contribution in [0.25, 0.3) is 0 Å². The van der Waals surface area contributed by atoms with Crippen LogP contribution in [0.3, 0.4) is 0 Å². The number of hydrogen-bond acceptors (Lipinski definition) is 2. The number of nitrogens with one attached hydrogen (secondary N) is 1. The molecule has 1 N–H and O–H groups in total. The van der Waals surface area contributed by atoms with Gasteiger partial charge in [0.15, 0.2) is 0 Å². The van der Waals surface area contributed by atoms with E-state index in [1.807, 2.05) is 14.0 Å². The van der Waals surface area contributed by atoms with Crippen molar-refractivity contribution >= 4 is 11.8 Å². The van der Waals surface area contributed by atoms with E-state index in [1.165, 1.54) is 0 Å². The summed E-state index contributed by atoms with van der Waals surface area (Å²) in [6.45, 7) is 7.41. The first-order chi connectivity index (χ1) is 7.35. The molecular weight excluding hydrogens is 204 g/mol. The topological polar surface area (TPSA) is 49.4 Å². The van der Waals surface area contributed by atoms with Crippen molar-refractivity contribution in [2.24, 2.45) is 11.3 Å². The highest BCUT2D eigenvalue weighted by molar-refractivity contribution is 5.89. The molecular formula is C12H22N2O2. The average Bonchev–Trinajstić information content (AvgIpc) is 2.15. The number of piperidine rings is 1. The van der Waals surface area contributed by atoms with Crippen LogP contribution in [0.4, 0.5) is 0 Å². The third-order valence-electron chi connectivity index (χ3n) is 3.05. The van der Waals surface area contributed by atoms with Crippen molar-refractivity contribution in [1.82, 2.24) is 10.2 Å². The van der Waals surface area contributed by atoms with E-state index in [4.69, 9.17) is 0 Å². The Hall–Kier alpha value is -1.06. The highest BCUT2D eigenvalue weighted by Gasteiger charge is 2.39. The van der Waals surface area contributed by atoms with Crippen LogP contribution >= 0.6 is 0 Å². The third-order valence-corrected chi connectivity index (χ3v) is 3.05. The van der Waals surface area contributed by atoms with Gasteiger partial charge in [-0.05, 0) is 12.3 Å².